The quantitative estimate of drug-likeness (QED) is 0.483. The zero-order valence-corrected chi connectivity index (χ0v) is 8.84. The summed E-state index contributed by atoms with van der Waals surface area (Å²) in [4.78, 5) is 21.7. The molecule has 0 N–H and O–H groups in total. The number of unbranched alkanes of at least 4 members (excludes halogenated alkanes) is 2. The molecular formula is C12H20O2. The molecule has 14 heavy (non-hydrogen) atoms. The molecule has 0 aromatic rings. The van der Waals surface area contributed by atoms with E-state index < -0.39 is 0 Å². The lowest BCUT2D eigenvalue weighted by molar-refractivity contribution is -0.124. The smallest absolute Gasteiger partial charge is 0.135 e. The summed E-state index contributed by atoms with van der Waals surface area (Å²) in [5, 5.41) is 0. The number of aldehydes is 1. The highest BCUT2D eigenvalue weighted by Gasteiger charge is 2.19. The van der Waals surface area contributed by atoms with Crippen molar-refractivity contribution in [3.63, 3.8) is 0 Å². The van der Waals surface area contributed by atoms with E-state index in [2.05, 4.69) is 0 Å². The Labute approximate surface area is 86.1 Å². The number of rotatable bonds is 6. The lowest BCUT2D eigenvalue weighted by Crippen LogP contribution is -2.17. The summed E-state index contributed by atoms with van der Waals surface area (Å²) in [6.07, 6.45) is 9.97. The van der Waals surface area contributed by atoms with Crippen molar-refractivity contribution < 1.29 is 9.59 Å². The van der Waals surface area contributed by atoms with Gasteiger partial charge in [0.15, 0.2) is 0 Å². The predicted octanol–water partition coefficient (Wildman–Crippen LogP) is 2.90. The van der Waals surface area contributed by atoms with Crippen molar-refractivity contribution in [2.45, 2.75) is 57.8 Å². The minimum atomic E-state index is 0.347. The van der Waals surface area contributed by atoms with Crippen LogP contribution in [0.5, 0.6) is 0 Å². The molecule has 0 radical (unpaired) electrons. The highest BCUT2D eigenvalue weighted by Crippen LogP contribution is 2.25. The van der Waals surface area contributed by atoms with E-state index in [1.54, 1.807) is 0 Å². The van der Waals surface area contributed by atoms with Gasteiger partial charge in [0.1, 0.15) is 12.1 Å². The van der Waals surface area contributed by atoms with Gasteiger partial charge >= 0.3 is 0 Å². The molecule has 0 atom stereocenters. The van der Waals surface area contributed by atoms with Crippen LogP contribution in [-0.4, -0.2) is 12.1 Å². The molecule has 0 saturated heterocycles. The van der Waals surface area contributed by atoms with Crippen LogP contribution in [0.15, 0.2) is 0 Å². The standard InChI is InChI=1S/C12H20O2/c13-10-6-2-5-9-12(14)11-7-3-1-4-8-11/h10-11H,1-9H2. The van der Waals surface area contributed by atoms with E-state index in [0.717, 1.165) is 32.0 Å². The van der Waals surface area contributed by atoms with Gasteiger partial charge in [0.25, 0.3) is 0 Å². The van der Waals surface area contributed by atoms with Crippen LogP contribution >= 0.6 is 0 Å². The van der Waals surface area contributed by atoms with Crippen molar-refractivity contribution in [1.82, 2.24) is 0 Å². The van der Waals surface area contributed by atoms with E-state index >= 15 is 0 Å². The zero-order chi connectivity index (χ0) is 10.2. The fourth-order valence-electron chi connectivity index (χ4n) is 2.16. The molecule has 1 saturated carbocycles. The van der Waals surface area contributed by atoms with Gasteiger partial charge in [-0.3, -0.25) is 4.79 Å². The first-order valence-electron chi connectivity index (χ1n) is 5.81. The second kappa shape index (κ2) is 6.74. The largest absolute Gasteiger partial charge is 0.303 e. The van der Waals surface area contributed by atoms with Crippen LogP contribution in [0, 0.1) is 5.92 Å². The van der Waals surface area contributed by atoms with Gasteiger partial charge in [-0.15, -0.1) is 0 Å². The third-order valence-electron chi connectivity index (χ3n) is 3.06. The minimum absolute atomic E-state index is 0.347. The SMILES string of the molecule is O=CCCCCC(=O)C1CCCCC1. The summed E-state index contributed by atoms with van der Waals surface area (Å²) in [6.45, 7) is 0. The maximum absolute atomic E-state index is 11.7. The molecular weight excluding hydrogens is 176 g/mol. The Morgan fingerprint density at radius 2 is 1.86 bits per heavy atom. The topological polar surface area (TPSA) is 34.1 Å². The Balaban J connectivity index is 2.10. The zero-order valence-electron chi connectivity index (χ0n) is 8.84. The molecule has 1 rings (SSSR count). The van der Waals surface area contributed by atoms with Gasteiger partial charge < -0.3 is 4.79 Å². The summed E-state index contributed by atoms with van der Waals surface area (Å²) in [5.74, 6) is 0.788. The van der Waals surface area contributed by atoms with Crippen molar-refractivity contribution in [2.75, 3.05) is 0 Å². The van der Waals surface area contributed by atoms with Crippen LogP contribution in [0.4, 0.5) is 0 Å². The number of ketones is 1. The average molecular weight is 196 g/mol. The molecule has 0 heterocycles. The molecule has 0 amide bonds. The van der Waals surface area contributed by atoms with E-state index in [1.807, 2.05) is 0 Å². The predicted molar refractivity (Wildman–Crippen MR) is 56.1 cm³/mol. The van der Waals surface area contributed by atoms with Crippen molar-refractivity contribution in [3.8, 4) is 0 Å². The number of carbonyl (C=O) groups excluding carboxylic acids is 2. The maximum atomic E-state index is 11.7. The van der Waals surface area contributed by atoms with E-state index in [4.69, 9.17) is 0 Å². The highest BCUT2D eigenvalue weighted by molar-refractivity contribution is 5.81. The van der Waals surface area contributed by atoms with Gasteiger partial charge in [-0.25, -0.2) is 0 Å². The number of hydrogen-bond acceptors (Lipinski definition) is 2. The Kier molecular flexibility index (Phi) is 5.50. The van der Waals surface area contributed by atoms with Crippen molar-refractivity contribution in [3.05, 3.63) is 0 Å². The van der Waals surface area contributed by atoms with E-state index in [0.29, 0.717) is 24.5 Å². The monoisotopic (exact) mass is 196 g/mol. The summed E-state index contributed by atoms with van der Waals surface area (Å²) < 4.78 is 0. The normalized spacial score (nSPS) is 18.0. The van der Waals surface area contributed by atoms with E-state index in [1.165, 1.54) is 19.3 Å². The molecule has 80 valence electrons. The van der Waals surface area contributed by atoms with Gasteiger partial charge in [0.05, 0.1) is 0 Å². The summed E-state index contributed by atoms with van der Waals surface area (Å²) in [6, 6.07) is 0. The van der Waals surface area contributed by atoms with Crippen LogP contribution in [0.1, 0.15) is 57.8 Å². The van der Waals surface area contributed by atoms with Crippen LogP contribution < -0.4 is 0 Å². The molecule has 0 spiro atoms. The van der Waals surface area contributed by atoms with Crippen LogP contribution in [-0.2, 0) is 9.59 Å². The summed E-state index contributed by atoms with van der Waals surface area (Å²) in [7, 11) is 0. The Bertz CT molecular complexity index is 181. The third kappa shape index (κ3) is 4.03. The molecule has 0 bridgehead atoms. The molecule has 0 unspecified atom stereocenters. The molecule has 2 nitrogen and oxygen atoms in total. The van der Waals surface area contributed by atoms with Crippen molar-refractivity contribution in [1.29, 1.82) is 0 Å². The number of carbonyl (C=O) groups is 2. The molecule has 1 aliphatic rings. The van der Waals surface area contributed by atoms with Crippen LogP contribution in [0.2, 0.25) is 0 Å². The molecule has 1 aliphatic carbocycles. The van der Waals surface area contributed by atoms with E-state index in [9.17, 15) is 9.59 Å². The first-order valence-corrected chi connectivity index (χ1v) is 5.81. The van der Waals surface area contributed by atoms with Gasteiger partial charge in [0.2, 0.25) is 0 Å². The Hall–Kier alpha value is -0.660. The van der Waals surface area contributed by atoms with Crippen LogP contribution in [0.25, 0.3) is 0 Å². The Morgan fingerprint density at radius 3 is 2.50 bits per heavy atom. The Morgan fingerprint density at radius 1 is 1.14 bits per heavy atom. The lowest BCUT2D eigenvalue weighted by atomic mass is 9.84. The molecule has 1 fully saturated rings. The maximum Gasteiger partial charge on any atom is 0.135 e. The first kappa shape index (κ1) is 11.4. The lowest BCUT2D eigenvalue weighted by Gasteiger charge is -2.19. The molecule has 0 aromatic heterocycles. The van der Waals surface area contributed by atoms with Gasteiger partial charge in [-0.05, 0) is 25.7 Å². The highest BCUT2D eigenvalue weighted by atomic mass is 16.1. The summed E-state index contributed by atoms with van der Waals surface area (Å²) >= 11 is 0. The number of hydrogen-bond donors (Lipinski definition) is 0. The fourth-order valence-corrected chi connectivity index (χ4v) is 2.16. The molecule has 0 aromatic carbocycles. The summed E-state index contributed by atoms with van der Waals surface area (Å²) in [5.41, 5.74) is 0. The minimum Gasteiger partial charge on any atom is -0.303 e. The van der Waals surface area contributed by atoms with E-state index in [-0.39, 0.29) is 0 Å². The first-order chi connectivity index (χ1) is 6.84. The fraction of sp³-hybridized carbons (Fsp3) is 0.833. The van der Waals surface area contributed by atoms with Crippen molar-refractivity contribution in [2.24, 2.45) is 5.92 Å². The van der Waals surface area contributed by atoms with Crippen LogP contribution in [0.3, 0.4) is 0 Å². The molecule has 0 aliphatic heterocycles. The molecule has 2 heteroatoms. The third-order valence-corrected chi connectivity index (χ3v) is 3.06. The van der Waals surface area contributed by atoms with Gasteiger partial charge in [0, 0.05) is 18.8 Å². The van der Waals surface area contributed by atoms with Gasteiger partial charge in [-0.1, -0.05) is 19.3 Å². The second-order valence-electron chi connectivity index (χ2n) is 4.21. The van der Waals surface area contributed by atoms with Gasteiger partial charge in [-0.2, -0.15) is 0 Å². The second-order valence-corrected chi connectivity index (χ2v) is 4.21. The average Bonchev–Trinajstić information content (AvgIpc) is 2.25. The number of Topliss-reactive ketones (excluding diaryl/α,β-unsaturated/α-hetero) is 1. The van der Waals surface area contributed by atoms with Crippen molar-refractivity contribution >= 4 is 12.1 Å².